The Morgan fingerprint density at radius 3 is 2.68 bits per heavy atom. The number of ether oxygens (including phenoxy) is 1. The average molecular weight is 553 g/mol. The highest BCUT2D eigenvalue weighted by Crippen LogP contribution is 2.49. The van der Waals surface area contributed by atoms with E-state index in [0.29, 0.717) is 24.2 Å². The van der Waals surface area contributed by atoms with Crippen LogP contribution in [0, 0.1) is 11.7 Å². The number of para-hydroxylation sites is 1. The van der Waals surface area contributed by atoms with E-state index in [4.69, 9.17) is 4.74 Å². The van der Waals surface area contributed by atoms with Gasteiger partial charge >= 0.3 is 0 Å². The maximum absolute atomic E-state index is 13.4. The minimum Gasteiger partial charge on any atom is -0.488 e. The Morgan fingerprint density at radius 1 is 0.973 bits per heavy atom. The van der Waals surface area contributed by atoms with Crippen LogP contribution in [0.3, 0.4) is 0 Å². The molecule has 184 valence electrons. The van der Waals surface area contributed by atoms with E-state index in [2.05, 4.69) is 86.9 Å². The molecule has 3 nitrogen and oxygen atoms in total. The van der Waals surface area contributed by atoms with E-state index in [1.165, 1.54) is 28.9 Å². The van der Waals surface area contributed by atoms with Crippen LogP contribution in [0.15, 0.2) is 113 Å². The third-order valence-corrected chi connectivity index (χ3v) is 7.75. The van der Waals surface area contributed by atoms with Crippen LogP contribution in [-0.4, -0.2) is 6.21 Å². The second-order valence-electron chi connectivity index (χ2n) is 9.52. The van der Waals surface area contributed by atoms with Gasteiger partial charge in [-0.2, -0.15) is 0 Å². The van der Waals surface area contributed by atoms with E-state index in [9.17, 15) is 4.39 Å². The second kappa shape index (κ2) is 10.3. The molecule has 1 aliphatic carbocycles. The molecule has 0 fully saturated rings. The van der Waals surface area contributed by atoms with E-state index < -0.39 is 0 Å². The zero-order valence-corrected chi connectivity index (χ0v) is 21.7. The summed E-state index contributed by atoms with van der Waals surface area (Å²) in [4.78, 5) is 4.68. The molecule has 0 unspecified atom stereocenters. The third kappa shape index (κ3) is 5.09. The van der Waals surface area contributed by atoms with Crippen molar-refractivity contribution in [2.45, 2.75) is 25.0 Å². The standard InChI is InChI=1S/C32H26BrFN2O/c33-29-18-21(11-16-31(29)37-20-22-5-3-6-24(34)17-22)19-35-25-14-12-23(13-15-25)32-28-9-4-8-26(28)27-7-1-2-10-30(27)36-32/h1-8,10-19,26,28,32,36H,9,20H2/t26-,28-,32-/m0/s1. The molecule has 3 atom stereocenters. The lowest BCUT2D eigenvalue weighted by atomic mass is 9.77. The number of fused-ring (bicyclic) bond motifs is 3. The predicted octanol–water partition coefficient (Wildman–Crippen LogP) is 8.74. The largest absolute Gasteiger partial charge is 0.488 e. The van der Waals surface area contributed by atoms with Gasteiger partial charge in [0.25, 0.3) is 0 Å². The number of hydrogen-bond acceptors (Lipinski definition) is 3. The highest BCUT2D eigenvalue weighted by Gasteiger charge is 2.37. The van der Waals surface area contributed by atoms with Gasteiger partial charge in [0, 0.05) is 17.8 Å². The minimum absolute atomic E-state index is 0.264. The first-order chi connectivity index (χ1) is 18.1. The van der Waals surface area contributed by atoms with Crippen molar-refractivity contribution in [2.24, 2.45) is 10.9 Å². The van der Waals surface area contributed by atoms with E-state index in [-0.39, 0.29) is 11.9 Å². The number of nitrogens with one attached hydrogen (secondary N) is 1. The summed E-state index contributed by atoms with van der Waals surface area (Å²) in [5, 5.41) is 3.78. The smallest absolute Gasteiger partial charge is 0.134 e. The van der Waals surface area contributed by atoms with Crippen LogP contribution in [0.25, 0.3) is 0 Å². The summed E-state index contributed by atoms with van der Waals surface area (Å²) in [6.45, 7) is 0.301. The summed E-state index contributed by atoms with van der Waals surface area (Å²) in [5.74, 6) is 1.44. The third-order valence-electron chi connectivity index (χ3n) is 7.13. The minimum atomic E-state index is -0.264. The van der Waals surface area contributed by atoms with Gasteiger partial charge in [-0.1, -0.05) is 54.6 Å². The molecule has 1 N–H and O–H groups in total. The van der Waals surface area contributed by atoms with E-state index in [1.54, 1.807) is 6.07 Å². The molecule has 0 radical (unpaired) electrons. The molecule has 5 heteroatoms. The van der Waals surface area contributed by atoms with Crippen molar-refractivity contribution in [3.63, 3.8) is 0 Å². The van der Waals surface area contributed by atoms with Crippen molar-refractivity contribution < 1.29 is 9.13 Å². The highest BCUT2D eigenvalue weighted by molar-refractivity contribution is 9.10. The number of hydrogen-bond donors (Lipinski definition) is 1. The van der Waals surface area contributed by atoms with Gasteiger partial charge in [-0.25, -0.2) is 4.39 Å². The molecule has 0 saturated carbocycles. The van der Waals surface area contributed by atoms with Gasteiger partial charge in [0.2, 0.25) is 0 Å². The monoisotopic (exact) mass is 552 g/mol. The Kier molecular flexibility index (Phi) is 6.62. The van der Waals surface area contributed by atoms with Crippen molar-refractivity contribution in [1.82, 2.24) is 0 Å². The lowest BCUT2D eigenvalue weighted by molar-refractivity contribution is 0.303. The zero-order valence-electron chi connectivity index (χ0n) is 20.1. The van der Waals surface area contributed by atoms with Crippen LogP contribution in [0.2, 0.25) is 0 Å². The molecule has 0 saturated heterocycles. The summed E-state index contributed by atoms with van der Waals surface area (Å²) < 4.78 is 20.1. The SMILES string of the molecule is Fc1cccc(COc2ccc(C=Nc3ccc([C@@H]4Nc5ccccc5[C@@H]5C=CC[C@@H]54)cc3)cc2Br)c1. The van der Waals surface area contributed by atoms with Gasteiger partial charge in [0.05, 0.1) is 16.2 Å². The van der Waals surface area contributed by atoms with Crippen LogP contribution in [0.1, 0.15) is 40.6 Å². The van der Waals surface area contributed by atoms with Crippen LogP contribution in [0.5, 0.6) is 5.75 Å². The number of halogens is 2. The van der Waals surface area contributed by atoms with Gasteiger partial charge in [-0.05, 0) is 99.1 Å². The molecule has 1 aliphatic heterocycles. The molecular formula is C32H26BrFN2O. The molecule has 0 aromatic heterocycles. The molecule has 4 aromatic carbocycles. The van der Waals surface area contributed by atoms with E-state index >= 15 is 0 Å². The number of anilines is 1. The van der Waals surface area contributed by atoms with Crippen LogP contribution in [-0.2, 0) is 6.61 Å². The summed E-state index contributed by atoms with van der Waals surface area (Å²) in [7, 11) is 0. The number of rotatable bonds is 6. The number of nitrogens with zero attached hydrogens (tertiary/aromatic N) is 1. The quantitative estimate of drug-likeness (QED) is 0.191. The zero-order chi connectivity index (χ0) is 25.2. The van der Waals surface area contributed by atoms with Crippen molar-refractivity contribution in [3.05, 3.63) is 136 Å². The van der Waals surface area contributed by atoms with Crippen LogP contribution < -0.4 is 10.1 Å². The number of benzene rings is 4. The van der Waals surface area contributed by atoms with Crippen LogP contribution >= 0.6 is 15.9 Å². The fourth-order valence-electron chi connectivity index (χ4n) is 5.29. The Balaban J connectivity index is 1.12. The number of aliphatic imine (C=N–C) groups is 1. The number of allylic oxidation sites excluding steroid dienone is 2. The molecule has 4 aromatic rings. The topological polar surface area (TPSA) is 33.6 Å². The first-order valence-electron chi connectivity index (χ1n) is 12.5. The van der Waals surface area contributed by atoms with Gasteiger partial charge in [0.15, 0.2) is 0 Å². The molecule has 0 bridgehead atoms. The van der Waals surface area contributed by atoms with Crippen molar-refractivity contribution in [1.29, 1.82) is 0 Å². The Bertz CT molecular complexity index is 1480. The summed E-state index contributed by atoms with van der Waals surface area (Å²) in [5.41, 5.74) is 6.57. The first-order valence-corrected chi connectivity index (χ1v) is 13.3. The van der Waals surface area contributed by atoms with E-state index in [1.807, 2.05) is 30.5 Å². The lowest BCUT2D eigenvalue weighted by Crippen LogP contribution is -2.28. The van der Waals surface area contributed by atoms with Crippen molar-refractivity contribution >= 4 is 33.5 Å². The Labute approximate surface area is 224 Å². The Morgan fingerprint density at radius 2 is 1.84 bits per heavy atom. The molecule has 1 heterocycles. The maximum atomic E-state index is 13.4. The summed E-state index contributed by atoms with van der Waals surface area (Å²) >= 11 is 3.58. The fraction of sp³-hybridized carbons (Fsp3) is 0.156. The summed E-state index contributed by atoms with van der Waals surface area (Å²) in [6, 6.07) is 29.7. The second-order valence-corrected chi connectivity index (χ2v) is 10.4. The molecule has 6 rings (SSSR count). The van der Waals surface area contributed by atoms with Crippen molar-refractivity contribution in [2.75, 3.05) is 5.32 Å². The Hall–Kier alpha value is -3.70. The average Bonchev–Trinajstić information content (AvgIpc) is 3.42. The normalized spacial score (nSPS) is 19.9. The molecular weight excluding hydrogens is 527 g/mol. The molecule has 37 heavy (non-hydrogen) atoms. The highest BCUT2D eigenvalue weighted by atomic mass is 79.9. The molecule has 2 aliphatic rings. The van der Waals surface area contributed by atoms with Crippen molar-refractivity contribution in [3.8, 4) is 5.75 Å². The van der Waals surface area contributed by atoms with Gasteiger partial charge in [-0.3, -0.25) is 4.99 Å². The fourth-order valence-corrected chi connectivity index (χ4v) is 5.80. The van der Waals surface area contributed by atoms with Gasteiger partial charge in [-0.15, -0.1) is 0 Å². The maximum Gasteiger partial charge on any atom is 0.134 e. The summed E-state index contributed by atoms with van der Waals surface area (Å²) in [6.07, 6.45) is 7.63. The molecule has 0 amide bonds. The lowest BCUT2D eigenvalue weighted by Gasteiger charge is -2.37. The van der Waals surface area contributed by atoms with Crippen LogP contribution in [0.4, 0.5) is 15.8 Å². The first kappa shape index (κ1) is 23.7. The van der Waals surface area contributed by atoms with Gasteiger partial charge in [0.1, 0.15) is 18.2 Å². The molecule has 0 spiro atoms. The predicted molar refractivity (Wildman–Crippen MR) is 151 cm³/mol. The van der Waals surface area contributed by atoms with Gasteiger partial charge < -0.3 is 10.1 Å². The van der Waals surface area contributed by atoms with E-state index in [0.717, 1.165) is 27.7 Å².